The lowest BCUT2D eigenvalue weighted by molar-refractivity contribution is 0.930. The summed E-state index contributed by atoms with van der Waals surface area (Å²) in [5.41, 5.74) is 9.62. The predicted molar refractivity (Wildman–Crippen MR) is 74.4 cm³/mol. The first-order valence-electron chi connectivity index (χ1n) is 6.13. The van der Waals surface area contributed by atoms with Gasteiger partial charge in [0.15, 0.2) is 5.82 Å². The molecule has 5 heteroatoms. The van der Waals surface area contributed by atoms with Crippen molar-refractivity contribution in [2.75, 3.05) is 0 Å². The molecule has 3 aromatic rings. The molecule has 3 rings (SSSR count). The number of fused-ring (bicyclic) bond motifs is 1. The number of pyridine rings is 1. The Balaban J connectivity index is 2.28. The van der Waals surface area contributed by atoms with Crippen LogP contribution in [-0.4, -0.2) is 19.5 Å². The number of nitrogens with two attached hydrogens (primary N) is 1. The Kier molecular flexibility index (Phi) is 2.76. The van der Waals surface area contributed by atoms with Gasteiger partial charge in [0.05, 0.1) is 5.69 Å². The van der Waals surface area contributed by atoms with Crippen LogP contribution >= 0.6 is 0 Å². The fourth-order valence-electron chi connectivity index (χ4n) is 2.33. The normalized spacial score (nSPS) is 11.1. The van der Waals surface area contributed by atoms with Crippen LogP contribution in [0.5, 0.6) is 0 Å². The van der Waals surface area contributed by atoms with Crippen molar-refractivity contribution in [3.05, 3.63) is 42.0 Å². The molecule has 96 valence electrons. The molecule has 0 aliphatic heterocycles. The third-order valence-electron chi connectivity index (χ3n) is 3.22. The van der Waals surface area contributed by atoms with E-state index in [4.69, 9.17) is 5.73 Å². The minimum Gasteiger partial charge on any atom is -0.335 e. The highest BCUT2D eigenvalue weighted by molar-refractivity contribution is 5.84. The highest BCUT2D eigenvalue weighted by Gasteiger charge is 2.13. The lowest BCUT2D eigenvalue weighted by Gasteiger charge is -2.04. The van der Waals surface area contributed by atoms with E-state index in [1.807, 2.05) is 36.9 Å². The highest BCUT2D eigenvalue weighted by atomic mass is 15.0. The van der Waals surface area contributed by atoms with E-state index >= 15 is 0 Å². The molecular formula is C14H15N5. The van der Waals surface area contributed by atoms with Crippen molar-refractivity contribution in [2.45, 2.75) is 13.5 Å². The summed E-state index contributed by atoms with van der Waals surface area (Å²) in [6.45, 7) is 2.48. The van der Waals surface area contributed by atoms with E-state index in [1.54, 1.807) is 12.4 Å². The molecule has 5 nitrogen and oxygen atoms in total. The van der Waals surface area contributed by atoms with Crippen molar-refractivity contribution in [1.82, 2.24) is 19.5 Å². The molecule has 0 atom stereocenters. The molecular weight excluding hydrogens is 238 g/mol. The molecule has 0 fully saturated rings. The number of hydrogen-bond acceptors (Lipinski definition) is 4. The maximum atomic E-state index is 5.77. The van der Waals surface area contributed by atoms with Crippen LogP contribution in [0.4, 0.5) is 0 Å². The van der Waals surface area contributed by atoms with Crippen molar-refractivity contribution in [3.8, 4) is 11.4 Å². The summed E-state index contributed by atoms with van der Waals surface area (Å²) < 4.78 is 1.99. The van der Waals surface area contributed by atoms with Gasteiger partial charge in [0, 0.05) is 43.1 Å². The lowest BCUT2D eigenvalue weighted by Crippen LogP contribution is -1.98. The minimum absolute atomic E-state index is 0.494. The standard InChI is InChI=1S/C14H15N5/c1-9-12-11(6-15)8-19(2)14(12)18-13(17-9)10-4-3-5-16-7-10/h3-5,7-8H,6,15H2,1-2H3. The van der Waals surface area contributed by atoms with Gasteiger partial charge in [-0.05, 0) is 24.6 Å². The van der Waals surface area contributed by atoms with Gasteiger partial charge in [0.1, 0.15) is 5.65 Å². The molecule has 0 amide bonds. The monoisotopic (exact) mass is 253 g/mol. The molecule has 0 aromatic carbocycles. The van der Waals surface area contributed by atoms with Gasteiger partial charge in [-0.2, -0.15) is 0 Å². The number of aromatic nitrogens is 4. The summed E-state index contributed by atoms with van der Waals surface area (Å²) in [6.07, 6.45) is 5.52. The van der Waals surface area contributed by atoms with Crippen molar-refractivity contribution < 1.29 is 0 Å². The molecule has 0 aliphatic rings. The highest BCUT2D eigenvalue weighted by Crippen LogP contribution is 2.24. The number of nitrogens with zero attached hydrogens (tertiary/aromatic N) is 4. The predicted octanol–water partition coefficient (Wildman–Crippen LogP) is 1.80. The zero-order chi connectivity index (χ0) is 13.4. The topological polar surface area (TPSA) is 69.6 Å². The second-order valence-electron chi connectivity index (χ2n) is 4.54. The zero-order valence-corrected chi connectivity index (χ0v) is 11.0. The van der Waals surface area contributed by atoms with Gasteiger partial charge in [-0.1, -0.05) is 0 Å². The van der Waals surface area contributed by atoms with Gasteiger partial charge >= 0.3 is 0 Å². The largest absolute Gasteiger partial charge is 0.335 e. The first-order chi connectivity index (χ1) is 9.20. The van der Waals surface area contributed by atoms with Crippen LogP contribution in [0.2, 0.25) is 0 Å². The van der Waals surface area contributed by atoms with Gasteiger partial charge in [0.25, 0.3) is 0 Å². The Hall–Kier alpha value is -2.27. The van der Waals surface area contributed by atoms with E-state index in [0.717, 1.165) is 27.9 Å². The second kappa shape index (κ2) is 4.44. The third kappa shape index (κ3) is 1.88. The molecule has 0 aliphatic carbocycles. The number of hydrogen-bond donors (Lipinski definition) is 1. The van der Waals surface area contributed by atoms with Crippen molar-refractivity contribution >= 4 is 11.0 Å². The fraction of sp³-hybridized carbons (Fsp3) is 0.214. The Morgan fingerprint density at radius 1 is 1.32 bits per heavy atom. The van der Waals surface area contributed by atoms with Crippen LogP contribution in [0.3, 0.4) is 0 Å². The average Bonchev–Trinajstić information content (AvgIpc) is 2.77. The van der Waals surface area contributed by atoms with Gasteiger partial charge in [0.2, 0.25) is 0 Å². The van der Waals surface area contributed by atoms with E-state index in [9.17, 15) is 0 Å². The van der Waals surface area contributed by atoms with Gasteiger partial charge in [-0.25, -0.2) is 9.97 Å². The van der Waals surface area contributed by atoms with Crippen LogP contribution in [0.1, 0.15) is 11.3 Å². The SMILES string of the molecule is Cc1nc(-c2cccnc2)nc2c1c(CN)cn2C. The molecule has 0 radical (unpaired) electrons. The van der Waals surface area contributed by atoms with Crippen molar-refractivity contribution in [1.29, 1.82) is 0 Å². The smallest absolute Gasteiger partial charge is 0.163 e. The second-order valence-corrected chi connectivity index (χ2v) is 4.54. The van der Waals surface area contributed by atoms with Crippen molar-refractivity contribution in [3.63, 3.8) is 0 Å². The summed E-state index contributed by atoms with van der Waals surface area (Å²) in [5, 5.41) is 1.05. The summed E-state index contributed by atoms with van der Waals surface area (Å²) in [6, 6.07) is 3.84. The Morgan fingerprint density at radius 3 is 2.84 bits per heavy atom. The van der Waals surface area contributed by atoms with E-state index in [0.29, 0.717) is 12.4 Å². The maximum absolute atomic E-state index is 5.77. The van der Waals surface area contributed by atoms with Gasteiger partial charge < -0.3 is 10.3 Å². The van der Waals surface area contributed by atoms with E-state index in [1.165, 1.54) is 0 Å². The Bertz CT molecular complexity index is 730. The minimum atomic E-state index is 0.494. The summed E-state index contributed by atoms with van der Waals surface area (Å²) in [7, 11) is 1.97. The quantitative estimate of drug-likeness (QED) is 0.756. The lowest BCUT2D eigenvalue weighted by atomic mass is 10.2. The molecule has 3 heterocycles. The first kappa shape index (κ1) is 11.8. The van der Waals surface area contributed by atoms with Crippen LogP contribution in [0, 0.1) is 6.92 Å². The first-order valence-corrected chi connectivity index (χ1v) is 6.13. The molecule has 0 saturated heterocycles. The van der Waals surface area contributed by atoms with Crippen LogP contribution in [0.15, 0.2) is 30.7 Å². The average molecular weight is 253 g/mol. The van der Waals surface area contributed by atoms with Gasteiger partial charge in [-0.3, -0.25) is 4.98 Å². The summed E-state index contributed by atoms with van der Waals surface area (Å²) in [5.74, 6) is 0.697. The van der Waals surface area contributed by atoms with Crippen LogP contribution in [-0.2, 0) is 13.6 Å². The van der Waals surface area contributed by atoms with Crippen molar-refractivity contribution in [2.24, 2.45) is 12.8 Å². The van der Waals surface area contributed by atoms with Gasteiger partial charge in [-0.15, -0.1) is 0 Å². The molecule has 0 unspecified atom stereocenters. The fourth-order valence-corrected chi connectivity index (χ4v) is 2.33. The summed E-state index contributed by atoms with van der Waals surface area (Å²) in [4.78, 5) is 13.3. The third-order valence-corrected chi connectivity index (χ3v) is 3.22. The zero-order valence-electron chi connectivity index (χ0n) is 11.0. The maximum Gasteiger partial charge on any atom is 0.163 e. The van der Waals surface area contributed by atoms with E-state index in [-0.39, 0.29) is 0 Å². The van der Waals surface area contributed by atoms with Crippen LogP contribution in [0.25, 0.3) is 22.4 Å². The van der Waals surface area contributed by atoms with E-state index < -0.39 is 0 Å². The molecule has 0 spiro atoms. The number of rotatable bonds is 2. The number of aryl methyl sites for hydroxylation is 2. The molecule has 0 saturated carbocycles. The molecule has 19 heavy (non-hydrogen) atoms. The van der Waals surface area contributed by atoms with Crippen LogP contribution < -0.4 is 5.73 Å². The Labute approximate surface area is 111 Å². The molecule has 0 bridgehead atoms. The Morgan fingerprint density at radius 2 is 2.16 bits per heavy atom. The van der Waals surface area contributed by atoms with E-state index in [2.05, 4.69) is 15.0 Å². The molecule has 2 N–H and O–H groups in total. The summed E-state index contributed by atoms with van der Waals surface area (Å²) >= 11 is 0. The molecule has 3 aromatic heterocycles.